The average molecular weight is 395 g/mol. The van der Waals surface area contributed by atoms with Gasteiger partial charge in [0.1, 0.15) is 17.1 Å². The number of furan rings is 1. The molecule has 0 N–H and O–H groups in total. The van der Waals surface area contributed by atoms with Gasteiger partial charge >= 0.3 is 5.63 Å². The molecule has 2 aromatic heterocycles. The fourth-order valence-electron chi connectivity index (χ4n) is 4.65. The molecule has 5 nitrogen and oxygen atoms in total. The maximum atomic E-state index is 12.2. The smallest absolute Gasteiger partial charge is 0.336 e. The van der Waals surface area contributed by atoms with Crippen LogP contribution in [0.1, 0.15) is 44.4 Å². The standard InChI is InChI=1S/C24H29NO4/c1-16-6-4-8-22(17(16)2)25(15-20-7-5-11-28-20)14-18-12-24(26)29-23-10-9-19(27-3)13-21(18)23/h5,7,9-13,16-17,22H,4,6,8,14-15H2,1-3H3/t16-,17-,22-/m1/s1. The Balaban J connectivity index is 1.72. The van der Waals surface area contributed by atoms with Gasteiger partial charge in [-0.05, 0) is 54.2 Å². The van der Waals surface area contributed by atoms with Gasteiger partial charge in [0.25, 0.3) is 0 Å². The molecule has 154 valence electrons. The molecule has 29 heavy (non-hydrogen) atoms. The number of nitrogens with zero attached hydrogens (tertiary/aromatic N) is 1. The molecule has 0 radical (unpaired) electrons. The van der Waals surface area contributed by atoms with Crippen molar-refractivity contribution in [3.63, 3.8) is 0 Å². The van der Waals surface area contributed by atoms with Crippen LogP contribution in [0.5, 0.6) is 5.75 Å². The van der Waals surface area contributed by atoms with Crippen LogP contribution in [0.15, 0.2) is 56.3 Å². The molecule has 3 aromatic rings. The van der Waals surface area contributed by atoms with E-state index in [1.807, 2.05) is 24.3 Å². The van der Waals surface area contributed by atoms with Crippen LogP contribution in [-0.2, 0) is 13.1 Å². The normalized spacial score (nSPS) is 22.3. The van der Waals surface area contributed by atoms with Gasteiger partial charge in [-0.15, -0.1) is 0 Å². The first-order valence-corrected chi connectivity index (χ1v) is 10.4. The van der Waals surface area contributed by atoms with E-state index < -0.39 is 0 Å². The van der Waals surface area contributed by atoms with E-state index in [-0.39, 0.29) is 5.63 Å². The van der Waals surface area contributed by atoms with E-state index >= 15 is 0 Å². The van der Waals surface area contributed by atoms with Gasteiger partial charge in [-0.3, -0.25) is 4.90 Å². The number of hydrogen-bond acceptors (Lipinski definition) is 5. The second-order valence-corrected chi connectivity index (χ2v) is 8.27. The van der Waals surface area contributed by atoms with Crippen molar-refractivity contribution in [2.24, 2.45) is 11.8 Å². The molecule has 0 unspecified atom stereocenters. The minimum Gasteiger partial charge on any atom is -0.497 e. The molecule has 0 bridgehead atoms. The van der Waals surface area contributed by atoms with E-state index in [9.17, 15) is 4.79 Å². The molecule has 0 amide bonds. The molecule has 0 spiro atoms. The summed E-state index contributed by atoms with van der Waals surface area (Å²) in [6.07, 6.45) is 5.39. The van der Waals surface area contributed by atoms with Crippen molar-refractivity contribution in [3.8, 4) is 5.75 Å². The lowest BCUT2D eigenvalue weighted by Gasteiger charge is -2.41. The highest BCUT2D eigenvalue weighted by atomic mass is 16.5. The Kier molecular flexibility index (Phi) is 5.76. The van der Waals surface area contributed by atoms with Crippen LogP contribution >= 0.6 is 0 Å². The molecule has 1 fully saturated rings. The number of rotatable bonds is 6. The van der Waals surface area contributed by atoms with Gasteiger partial charge in [-0.1, -0.05) is 26.7 Å². The maximum absolute atomic E-state index is 12.2. The van der Waals surface area contributed by atoms with Crippen molar-refractivity contribution in [1.29, 1.82) is 0 Å². The van der Waals surface area contributed by atoms with Crippen molar-refractivity contribution in [2.75, 3.05) is 7.11 Å². The van der Waals surface area contributed by atoms with Crippen LogP contribution in [0, 0.1) is 11.8 Å². The lowest BCUT2D eigenvalue weighted by molar-refractivity contribution is 0.0634. The first-order valence-electron chi connectivity index (χ1n) is 10.4. The van der Waals surface area contributed by atoms with Crippen molar-refractivity contribution in [3.05, 3.63) is 64.4 Å². The van der Waals surface area contributed by atoms with Gasteiger partial charge < -0.3 is 13.6 Å². The van der Waals surface area contributed by atoms with E-state index in [0.717, 1.165) is 35.4 Å². The van der Waals surface area contributed by atoms with Crippen molar-refractivity contribution >= 4 is 11.0 Å². The quantitative estimate of drug-likeness (QED) is 0.536. The van der Waals surface area contributed by atoms with E-state index in [1.165, 1.54) is 12.8 Å². The molecule has 0 saturated heterocycles. The van der Waals surface area contributed by atoms with Crippen LogP contribution in [0.25, 0.3) is 11.0 Å². The number of ether oxygens (including phenoxy) is 1. The number of methoxy groups -OCH3 is 1. The first-order chi connectivity index (χ1) is 14.0. The van der Waals surface area contributed by atoms with Gasteiger partial charge in [-0.25, -0.2) is 4.79 Å². The summed E-state index contributed by atoms with van der Waals surface area (Å²) in [7, 11) is 1.65. The van der Waals surface area contributed by atoms with Crippen LogP contribution in [0.2, 0.25) is 0 Å². The molecular weight excluding hydrogens is 366 g/mol. The Bertz CT molecular complexity index is 1010. The summed E-state index contributed by atoms with van der Waals surface area (Å²) in [5, 5.41) is 0.921. The molecule has 1 aliphatic rings. The molecular formula is C24H29NO4. The third kappa shape index (κ3) is 4.25. The molecule has 1 aromatic carbocycles. The Hall–Kier alpha value is -2.53. The van der Waals surface area contributed by atoms with Crippen LogP contribution in [-0.4, -0.2) is 18.1 Å². The number of hydrogen-bond donors (Lipinski definition) is 0. The summed E-state index contributed by atoms with van der Waals surface area (Å²) < 4.78 is 16.5. The maximum Gasteiger partial charge on any atom is 0.336 e. The van der Waals surface area contributed by atoms with E-state index in [4.69, 9.17) is 13.6 Å². The summed E-state index contributed by atoms with van der Waals surface area (Å²) in [5.74, 6) is 2.97. The topological polar surface area (TPSA) is 55.8 Å². The van der Waals surface area contributed by atoms with Crippen molar-refractivity contribution in [2.45, 2.75) is 52.2 Å². The SMILES string of the molecule is COc1ccc2oc(=O)cc(CN(Cc3ccco3)[C@@H]3CCC[C@@H](C)[C@H]3C)c2c1. The number of fused-ring (bicyclic) bond motifs is 1. The van der Waals surface area contributed by atoms with Crippen LogP contribution < -0.4 is 10.4 Å². The van der Waals surface area contributed by atoms with Crippen molar-refractivity contribution in [1.82, 2.24) is 4.90 Å². The zero-order valence-corrected chi connectivity index (χ0v) is 17.4. The van der Waals surface area contributed by atoms with Crippen LogP contribution in [0.3, 0.4) is 0 Å². The summed E-state index contributed by atoms with van der Waals surface area (Å²) in [5.41, 5.74) is 1.24. The fraction of sp³-hybridized carbons (Fsp3) is 0.458. The minimum atomic E-state index is -0.319. The van der Waals surface area contributed by atoms with E-state index in [1.54, 1.807) is 25.5 Å². The first kappa shape index (κ1) is 19.8. The highest BCUT2D eigenvalue weighted by Gasteiger charge is 2.32. The molecule has 2 heterocycles. The zero-order valence-electron chi connectivity index (χ0n) is 17.4. The van der Waals surface area contributed by atoms with Gasteiger partial charge in [0.2, 0.25) is 0 Å². The van der Waals surface area contributed by atoms with Crippen LogP contribution in [0.4, 0.5) is 0 Å². The zero-order chi connectivity index (χ0) is 20.4. The predicted octanol–water partition coefficient (Wildman–Crippen LogP) is 5.22. The Morgan fingerprint density at radius 1 is 1.14 bits per heavy atom. The molecule has 0 aliphatic heterocycles. The second-order valence-electron chi connectivity index (χ2n) is 8.27. The van der Waals surface area contributed by atoms with Gasteiger partial charge in [0, 0.05) is 24.0 Å². The summed E-state index contributed by atoms with van der Waals surface area (Å²) in [6, 6.07) is 11.6. The summed E-state index contributed by atoms with van der Waals surface area (Å²) >= 11 is 0. The highest BCUT2D eigenvalue weighted by Crippen LogP contribution is 2.35. The van der Waals surface area contributed by atoms with Gasteiger partial charge in [0.05, 0.1) is 19.9 Å². The lowest BCUT2D eigenvalue weighted by Crippen LogP contribution is -2.43. The molecule has 1 aliphatic carbocycles. The Labute approximate surface area is 171 Å². The average Bonchev–Trinajstić information content (AvgIpc) is 3.22. The largest absolute Gasteiger partial charge is 0.497 e. The predicted molar refractivity (Wildman–Crippen MR) is 113 cm³/mol. The van der Waals surface area contributed by atoms with E-state index in [0.29, 0.717) is 30.0 Å². The highest BCUT2D eigenvalue weighted by molar-refractivity contribution is 5.81. The summed E-state index contributed by atoms with van der Waals surface area (Å²) in [6.45, 7) is 6.08. The summed E-state index contributed by atoms with van der Waals surface area (Å²) in [4.78, 5) is 14.7. The minimum absolute atomic E-state index is 0.319. The third-order valence-electron chi connectivity index (χ3n) is 6.48. The number of benzene rings is 1. The lowest BCUT2D eigenvalue weighted by atomic mass is 9.77. The van der Waals surface area contributed by atoms with E-state index in [2.05, 4.69) is 18.7 Å². The van der Waals surface area contributed by atoms with Gasteiger partial charge in [0.15, 0.2) is 0 Å². The Morgan fingerprint density at radius 2 is 2.00 bits per heavy atom. The second kappa shape index (κ2) is 8.46. The van der Waals surface area contributed by atoms with Gasteiger partial charge in [-0.2, -0.15) is 0 Å². The fourth-order valence-corrected chi connectivity index (χ4v) is 4.65. The molecule has 1 saturated carbocycles. The Morgan fingerprint density at radius 3 is 2.76 bits per heavy atom. The molecule has 3 atom stereocenters. The molecule has 4 rings (SSSR count). The third-order valence-corrected chi connectivity index (χ3v) is 6.48. The molecule has 5 heteroatoms. The van der Waals surface area contributed by atoms with Crippen molar-refractivity contribution < 1.29 is 13.6 Å². The monoisotopic (exact) mass is 395 g/mol.